The SMILES string of the molecule is CC(C)(C)[Si](C)(C)Oc1ccc(CC(NC(=O)OCc2ccccc2)C(=O)[C@]2(C)CO2)cc1. The Morgan fingerprint density at radius 3 is 2.21 bits per heavy atom. The van der Waals surface area contributed by atoms with Crippen LogP contribution in [0.3, 0.4) is 0 Å². The average molecular weight is 470 g/mol. The van der Waals surface area contributed by atoms with Crippen LogP contribution in [0.15, 0.2) is 54.6 Å². The molecule has 178 valence electrons. The predicted molar refractivity (Wildman–Crippen MR) is 131 cm³/mol. The molecule has 7 heteroatoms. The molecule has 0 aliphatic carbocycles. The van der Waals surface area contributed by atoms with E-state index in [4.69, 9.17) is 13.9 Å². The van der Waals surface area contributed by atoms with Crippen LogP contribution in [-0.2, 0) is 27.3 Å². The number of ketones is 1. The Bertz CT molecular complexity index is 962. The van der Waals surface area contributed by atoms with Gasteiger partial charge in [0.05, 0.1) is 12.6 Å². The number of hydrogen-bond acceptors (Lipinski definition) is 5. The molecule has 1 unspecified atom stereocenters. The van der Waals surface area contributed by atoms with E-state index in [0.717, 1.165) is 16.9 Å². The molecule has 1 N–H and O–H groups in total. The highest BCUT2D eigenvalue weighted by molar-refractivity contribution is 6.74. The fourth-order valence-corrected chi connectivity index (χ4v) is 4.14. The number of alkyl carbamates (subject to hydrolysis) is 1. The lowest BCUT2D eigenvalue weighted by Crippen LogP contribution is -2.47. The second-order valence-corrected chi connectivity index (χ2v) is 15.1. The van der Waals surface area contributed by atoms with Crippen molar-refractivity contribution in [3.63, 3.8) is 0 Å². The summed E-state index contributed by atoms with van der Waals surface area (Å²) in [4.78, 5) is 25.4. The van der Waals surface area contributed by atoms with Crippen molar-refractivity contribution in [1.29, 1.82) is 0 Å². The van der Waals surface area contributed by atoms with Crippen molar-refractivity contribution in [2.24, 2.45) is 0 Å². The summed E-state index contributed by atoms with van der Waals surface area (Å²) in [7, 11) is -1.93. The minimum absolute atomic E-state index is 0.104. The van der Waals surface area contributed by atoms with Crippen LogP contribution in [0.4, 0.5) is 4.79 Å². The van der Waals surface area contributed by atoms with E-state index in [9.17, 15) is 9.59 Å². The maximum Gasteiger partial charge on any atom is 0.408 e. The first kappa shape index (κ1) is 25.0. The summed E-state index contributed by atoms with van der Waals surface area (Å²) in [6, 6.07) is 16.4. The Labute approximate surface area is 197 Å². The van der Waals surface area contributed by atoms with Crippen LogP contribution in [0.1, 0.15) is 38.8 Å². The van der Waals surface area contributed by atoms with Gasteiger partial charge in [-0.1, -0.05) is 63.2 Å². The molecule has 0 bridgehead atoms. The fourth-order valence-electron chi connectivity index (χ4n) is 3.11. The number of carbonyl (C=O) groups is 2. The standard InChI is InChI=1S/C26H35NO5Si/c1-25(2,3)33(5,6)32-21-14-12-19(13-15-21)16-22(23(28)26(4)18-31-26)27-24(29)30-17-20-10-8-7-9-11-20/h7-15,22H,16-18H2,1-6H3,(H,27,29)/t22?,26-/m0/s1. The highest BCUT2D eigenvalue weighted by atomic mass is 28.4. The molecule has 0 saturated carbocycles. The molecule has 0 spiro atoms. The minimum Gasteiger partial charge on any atom is -0.544 e. The number of benzene rings is 2. The largest absolute Gasteiger partial charge is 0.544 e. The van der Waals surface area contributed by atoms with Crippen molar-refractivity contribution in [3.8, 4) is 5.75 Å². The van der Waals surface area contributed by atoms with Gasteiger partial charge in [0.25, 0.3) is 0 Å². The molecule has 0 radical (unpaired) electrons. The molecule has 1 amide bonds. The topological polar surface area (TPSA) is 77.2 Å². The first-order valence-corrected chi connectivity index (χ1v) is 14.2. The molecule has 33 heavy (non-hydrogen) atoms. The maximum absolute atomic E-state index is 13.0. The summed E-state index contributed by atoms with van der Waals surface area (Å²) >= 11 is 0. The van der Waals surface area contributed by atoms with E-state index in [1.54, 1.807) is 6.92 Å². The third kappa shape index (κ3) is 6.68. The number of ether oxygens (including phenoxy) is 2. The second-order valence-electron chi connectivity index (χ2n) is 10.4. The predicted octanol–water partition coefficient (Wildman–Crippen LogP) is 5.27. The third-order valence-electron chi connectivity index (χ3n) is 6.46. The van der Waals surface area contributed by atoms with E-state index in [1.807, 2.05) is 54.6 Å². The summed E-state index contributed by atoms with van der Waals surface area (Å²) in [6.45, 7) is 13.3. The van der Waals surface area contributed by atoms with E-state index < -0.39 is 26.1 Å². The summed E-state index contributed by atoms with van der Waals surface area (Å²) in [6.07, 6.45) is -0.280. The van der Waals surface area contributed by atoms with Gasteiger partial charge in [-0.15, -0.1) is 0 Å². The first-order chi connectivity index (χ1) is 15.4. The van der Waals surface area contributed by atoms with E-state index in [1.165, 1.54) is 0 Å². The third-order valence-corrected chi connectivity index (χ3v) is 10.8. The van der Waals surface area contributed by atoms with Gasteiger partial charge in [-0.3, -0.25) is 4.79 Å². The van der Waals surface area contributed by atoms with Crippen molar-refractivity contribution >= 4 is 20.2 Å². The Morgan fingerprint density at radius 1 is 1.06 bits per heavy atom. The molecule has 1 fully saturated rings. The van der Waals surface area contributed by atoms with Crippen molar-refractivity contribution in [3.05, 3.63) is 65.7 Å². The van der Waals surface area contributed by atoms with Crippen LogP contribution < -0.4 is 9.74 Å². The zero-order valence-corrected chi connectivity index (χ0v) is 21.4. The van der Waals surface area contributed by atoms with Gasteiger partial charge in [0.15, 0.2) is 5.78 Å². The number of Topliss-reactive ketones (excluding diaryl/α,β-unsaturated/α-hetero) is 1. The number of amides is 1. The van der Waals surface area contributed by atoms with Crippen LogP contribution in [0.5, 0.6) is 5.75 Å². The minimum atomic E-state index is -1.93. The highest BCUT2D eigenvalue weighted by Gasteiger charge is 2.50. The molecule has 2 aromatic carbocycles. The molecule has 3 rings (SSSR count). The quantitative estimate of drug-likeness (QED) is 0.400. The van der Waals surface area contributed by atoms with E-state index in [0.29, 0.717) is 13.0 Å². The van der Waals surface area contributed by atoms with Crippen LogP contribution in [0.25, 0.3) is 0 Å². The van der Waals surface area contributed by atoms with Gasteiger partial charge in [-0.05, 0) is 54.7 Å². The molecule has 6 nitrogen and oxygen atoms in total. The van der Waals surface area contributed by atoms with Crippen molar-refractivity contribution in [2.75, 3.05) is 6.61 Å². The van der Waals surface area contributed by atoms with Crippen molar-refractivity contribution in [1.82, 2.24) is 5.32 Å². The Hall–Kier alpha value is -2.64. The number of hydrogen-bond donors (Lipinski definition) is 1. The molecule has 1 saturated heterocycles. The molecule has 1 heterocycles. The van der Waals surface area contributed by atoms with Crippen LogP contribution >= 0.6 is 0 Å². The lowest BCUT2D eigenvalue weighted by atomic mass is 9.95. The summed E-state index contributed by atoms with van der Waals surface area (Å²) in [5.41, 5.74) is 0.955. The maximum atomic E-state index is 13.0. The molecule has 2 aromatic rings. The monoisotopic (exact) mass is 469 g/mol. The Kier molecular flexibility index (Phi) is 7.34. The lowest BCUT2D eigenvalue weighted by molar-refractivity contribution is -0.125. The van der Waals surface area contributed by atoms with Gasteiger partial charge < -0.3 is 19.2 Å². The molecule has 0 aromatic heterocycles. The van der Waals surface area contributed by atoms with Crippen LogP contribution in [0, 0.1) is 0 Å². The molecular weight excluding hydrogens is 434 g/mol. The molecule has 2 atom stereocenters. The van der Waals surface area contributed by atoms with Gasteiger partial charge in [0.2, 0.25) is 8.32 Å². The number of epoxide rings is 1. The van der Waals surface area contributed by atoms with Gasteiger partial charge >= 0.3 is 6.09 Å². The van der Waals surface area contributed by atoms with Gasteiger partial charge in [-0.2, -0.15) is 0 Å². The fraction of sp³-hybridized carbons (Fsp3) is 0.462. The normalized spacial score (nSPS) is 18.8. The lowest BCUT2D eigenvalue weighted by Gasteiger charge is -2.36. The van der Waals surface area contributed by atoms with Gasteiger partial charge in [0, 0.05) is 0 Å². The van der Waals surface area contributed by atoms with Crippen LogP contribution in [0.2, 0.25) is 18.1 Å². The van der Waals surface area contributed by atoms with Crippen molar-refractivity contribution in [2.45, 2.75) is 70.5 Å². The summed E-state index contributed by atoms with van der Waals surface area (Å²) in [5, 5.41) is 2.84. The molecule has 1 aliphatic rings. The molecule has 1 aliphatic heterocycles. The number of rotatable bonds is 9. The zero-order valence-electron chi connectivity index (χ0n) is 20.4. The van der Waals surface area contributed by atoms with E-state index in [-0.39, 0.29) is 17.4 Å². The highest BCUT2D eigenvalue weighted by Crippen LogP contribution is 2.37. The van der Waals surface area contributed by atoms with Crippen molar-refractivity contribution < 1.29 is 23.5 Å². The summed E-state index contributed by atoms with van der Waals surface area (Å²) < 4.78 is 17.0. The zero-order chi connectivity index (χ0) is 24.3. The average Bonchev–Trinajstić information content (AvgIpc) is 3.51. The van der Waals surface area contributed by atoms with Gasteiger partial charge in [-0.25, -0.2) is 4.79 Å². The smallest absolute Gasteiger partial charge is 0.408 e. The number of carbonyl (C=O) groups excluding carboxylic acids is 2. The Balaban J connectivity index is 1.65. The summed E-state index contributed by atoms with van der Waals surface area (Å²) in [5.74, 6) is 0.668. The second kappa shape index (κ2) is 9.69. The van der Waals surface area contributed by atoms with E-state index in [2.05, 4.69) is 39.2 Å². The van der Waals surface area contributed by atoms with E-state index >= 15 is 0 Å². The van der Waals surface area contributed by atoms with Gasteiger partial charge in [0.1, 0.15) is 18.0 Å². The number of nitrogens with one attached hydrogen (secondary N) is 1. The van der Waals surface area contributed by atoms with Crippen LogP contribution in [-0.4, -0.2) is 38.4 Å². The Morgan fingerprint density at radius 2 is 1.67 bits per heavy atom. The first-order valence-electron chi connectivity index (χ1n) is 11.3. The molecular formula is C26H35NO5Si.